The minimum absolute atomic E-state index is 0.0536. The first-order valence-electron chi connectivity index (χ1n) is 16.1. The molecule has 0 saturated carbocycles. The number of anilines is 1. The largest absolute Gasteiger partial charge is 0.508 e. The number of terminal acetylenes is 1. The first-order valence-corrected chi connectivity index (χ1v) is 16.1. The molecule has 3 aliphatic heterocycles. The molecule has 1 unspecified atom stereocenters. The van der Waals surface area contributed by atoms with Crippen LogP contribution in [0.5, 0.6) is 11.8 Å². The average molecular weight is 666 g/mol. The minimum atomic E-state index is -2.57. The molecule has 2 bridgehead atoms. The fourth-order valence-electron chi connectivity index (χ4n) is 8.04. The second-order valence-electron chi connectivity index (χ2n) is 13.7. The molecule has 0 aliphatic carbocycles. The Labute approximate surface area is 275 Å². The second kappa shape index (κ2) is 12.0. The number of fused-ring (bicyclic) bond motifs is 4. The standard InChI is InChI=1S/C36H36F5N5O2/c1-5-23-27(37)9-6-19-12-22(47)13-24(29(19)23)30-28(38)14-25-32(31(30)39)43-35(44-34(25)46-15-20-7-8-21(16-46)42-20)48-18(2)36(3)17-45(4)11-10-26(36)33(40)41/h1,6,9,12-14,18,20-21,26,33,42,47H,7-8,10-11,15-17H2,2-4H3/t18?,20-,21+,26-,36+/m1/s1. The van der Waals surface area contributed by atoms with Crippen molar-refractivity contribution in [1.29, 1.82) is 0 Å². The Balaban J connectivity index is 1.42. The molecule has 7 rings (SSSR count). The number of benzene rings is 3. The summed E-state index contributed by atoms with van der Waals surface area (Å²) >= 11 is 0. The van der Waals surface area contributed by atoms with Gasteiger partial charge in [-0.2, -0.15) is 9.97 Å². The third-order valence-corrected chi connectivity index (χ3v) is 10.6. The number of hydrogen-bond donors (Lipinski definition) is 2. The Morgan fingerprint density at radius 2 is 1.79 bits per heavy atom. The lowest BCUT2D eigenvalue weighted by Crippen LogP contribution is -2.55. The molecule has 0 spiro atoms. The molecule has 2 N–H and O–H groups in total. The summed E-state index contributed by atoms with van der Waals surface area (Å²) in [4.78, 5) is 13.0. The molecule has 0 radical (unpaired) electrons. The van der Waals surface area contributed by atoms with Gasteiger partial charge in [0.15, 0.2) is 5.82 Å². The molecular formula is C36H36F5N5O2. The highest BCUT2D eigenvalue weighted by Crippen LogP contribution is 2.45. The van der Waals surface area contributed by atoms with Crippen LogP contribution in [0.4, 0.5) is 27.8 Å². The van der Waals surface area contributed by atoms with Gasteiger partial charge >= 0.3 is 6.01 Å². The van der Waals surface area contributed by atoms with Crippen LogP contribution >= 0.6 is 0 Å². The van der Waals surface area contributed by atoms with Crippen LogP contribution in [0, 0.1) is 41.1 Å². The number of nitrogens with one attached hydrogen (secondary N) is 1. The molecule has 3 saturated heterocycles. The van der Waals surface area contributed by atoms with Crippen molar-refractivity contribution in [2.24, 2.45) is 11.3 Å². The van der Waals surface area contributed by atoms with Gasteiger partial charge in [-0.15, -0.1) is 6.42 Å². The van der Waals surface area contributed by atoms with Crippen molar-refractivity contribution in [2.45, 2.75) is 57.7 Å². The number of hydrogen-bond acceptors (Lipinski definition) is 7. The third kappa shape index (κ3) is 5.37. The topological polar surface area (TPSA) is 73.8 Å². The van der Waals surface area contributed by atoms with E-state index in [-0.39, 0.29) is 68.9 Å². The lowest BCUT2D eigenvalue weighted by Gasteiger charge is -2.47. The van der Waals surface area contributed by atoms with Crippen LogP contribution in [0.25, 0.3) is 32.8 Å². The lowest BCUT2D eigenvalue weighted by molar-refractivity contribution is -0.0965. The maximum absolute atomic E-state index is 16.9. The van der Waals surface area contributed by atoms with Gasteiger partial charge in [-0.3, -0.25) is 0 Å². The molecule has 48 heavy (non-hydrogen) atoms. The number of aromatic hydroxyl groups is 1. The number of likely N-dealkylation sites (tertiary alicyclic amines) is 1. The zero-order valence-electron chi connectivity index (χ0n) is 26.8. The summed E-state index contributed by atoms with van der Waals surface area (Å²) in [5.41, 5.74) is -2.18. The molecule has 3 aromatic carbocycles. The van der Waals surface area contributed by atoms with Crippen LogP contribution in [0.1, 0.15) is 38.7 Å². The van der Waals surface area contributed by atoms with Gasteiger partial charge in [-0.05, 0) is 69.4 Å². The highest BCUT2D eigenvalue weighted by molar-refractivity contribution is 6.04. The molecule has 0 amide bonds. The summed E-state index contributed by atoms with van der Waals surface area (Å²) in [6, 6.07) is 6.18. The summed E-state index contributed by atoms with van der Waals surface area (Å²) in [6.45, 7) is 5.36. The van der Waals surface area contributed by atoms with Crippen molar-refractivity contribution in [3.63, 3.8) is 0 Å². The number of alkyl halides is 2. The molecule has 7 nitrogen and oxygen atoms in total. The van der Waals surface area contributed by atoms with Gasteiger partial charge in [0, 0.05) is 59.4 Å². The molecule has 3 aliphatic rings. The van der Waals surface area contributed by atoms with E-state index >= 15 is 8.78 Å². The summed E-state index contributed by atoms with van der Waals surface area (Å²) in [5.74, 6) is -1.55. The Morgan fingerprint density at radius 3 is 2.48 bits per heavy atom. The SMILES string of the molecule is C#Cc1c(F)ccc2cc(O)cc(-c3c(F)cc4c(N5C[C@H]6CC[C@@H](C5)N6)nc(OC(C)[C@]5(C)CN(C)CC[C@@H]5C(F)F)nc4c3F)c12. The zero-order valence-corrected chi connectivity index (χ0v) is 26.8. The normalized spacial score (nSPS) is 25.2. The number of piperidine rings is 1. The molecule has 252 valence electrons. The van der Waals surface area contributed by atoms with E-state index in [4.69, 9.17) is 11.2 Å². The zero-order chi connectivity index (χ0) is 34.1. The van der Waals surface area contributed by atoms with Crippen molar-refractivity contribution in [3.05, 3.63) is 53.3 Å². The lowest BCUT2D eigenvalue weighted by atomic mass is 9.69. The Bertz CT molecular complexity index is 1960. The second-order valence-corrected chi connectivity index (χ2v) is 13.7. The van der Waals surface area contributed by atoms with Crippen LogP contribution in [-0.4, -0.2) is 77.8 Å². The van der Waals surface area contributed by atoms with Gasteiger partial charge in [0.25, 0.3) is 0 Å². The monoisotopic (exact) mass is 665 g/mol. The smallest absolute Gasteiger partial charge is 0.319 e. The number of piperazine rings is 1. The highest BCUT2D eigenvalue weighted by Gasteiger charge is 2.48. The van der Waals surface area contributed by atoms with Crippen molar-refractivity contribution >= 4 is 27.5 Å². The first-order chi connectivity index (χ1) is 22.9. The molecule has 12 heteroatoms. The van der Waals surface area contributed by atoms with E-state index in [9.17, 15) is 18.3 Å². The van der Waals surface area contributed by atoms with Crippen LogP contribution in [0.15, 0.2) is 30.3 Å². The molecular weight excluding hydrogens is 629 g/mol. The van der Waals surface area contributed by atoms with Crippen molar-refractivity contribution in [2.75, 3.05) is 38.1 Å². The number of aromatic nitrogens is 2. The number of phenols is 1. The van der Waals surface area contributed by atoms with Crippen LogP contribution in [0.2, 0.25) is 0 Å². The van der Waals surface area contributed by atoms with Gasteiger partial charge in [0.2, 0.25) is 6.43 Å². The number of ether oxygens (including phenoxy) is 1. The first kappa shape index (κ1) is 32.3. The van der Waals surface area contributed by atoms with Crippen molar-refractivity contribution in [1.82, 2.24) is 20.2 Å². The Kier molecular flexibility index (Phi) is 8.11. The summed E-state index contributed by atoms with van der Waals surface area (Å²) in [7, 11) is 1.87. The molecule has 4 aromatic rings. The van der Waals surface area contributed by atoms with Crippen LogP contribution in [0.3, 0.4) is 0 Å². The van der Waals surface area contributed by atoms with Crippen molar-refractivity contribution in [3.8, 4) is 35.2 Å². The fourth-order valence-corrected chi connectivity index (χ4v) is 8.04. The van der Waals surface area contributed by atoms with Gasteiger partial charge in [0.05, 0.1) is 11.1 Å². The van der Waals surface area contributed by atoms with E-state index in [1.807, 2.05) is 16.8 Å². The van der Waals surface area contributed by atoms with Gasteiger partial charge in [-0.1, -0.05) is 18.9 Å². The molecule has 4 heterocycles. The summed E-state index contributed by atoms with van der Waals surface area (Å²) in [6.07, 6.45) is 4.42. The highest BCUT2D eigenvalue weighted by atomic mass is 19.3. The molecule has 3 fully saturated rings. The van der Waals surface area contributed by atoms with Gasteiger partial charge < -0.3 is 25.0 Å². The van der Waals surface area contributed by atoms with Crippen LogP contribution < -0.4 is 15.0 Å². The van der Waals surface area contributed by atoms with Crippen LogP contribution in [-0.2, 0) is 0 Å². The summed E-state index contributed by atoms with van der Waals surface area (Å²) in [5, 5.41) is 14.5. The van der Waals surface area contributed by atoms with Gasteiger partial charge in [-0.25, -0.2) is 22.0 Å². The predicted octanol–water partition coefficient (Wildman–Crippen LogP) is 6.49. The van der Waals surface area contributed by atoms with E-state index in [2.05, 4.69) is 21.2 Å². The third-order valence-electron chi connectivity index (χ3n) is 10.6. The minimum Gasteiger partial charge on any atom is -0.508 e. The van der Waals surface area contributed by atoms with E-state index in [0.717, 1.165) is 31.0 Å². The maximum Gasteiger partial charge on any atom is 0.319 e. The van der Waals surface area contributed by atoms with Crippen molar-refractivity contribution < 1.29 is 31.8 Å². The average Bonchev–Trinajstić information content (AvgIpc) is 3.37. The predicted molar refractivity (Wildman–Crippen MR) is 174 cm³/mol. The summed E-state index contributed by atoms with van der Waals surface area (Å²) < 4.78 is 82.9. The number of phenolic OH excluding ortho intramolecular Hbond substituents is 1. The Hall–Kier alpha value is -4.21. The fraction of sp³-hybridized carbons (Fsp3) is 0.444. The molecule has 5 atom stereocenters. The number of nitrogens with zero attached hydrogens (tertiary/aromatic N) is 4. The Morgan fingerprint density at radius 1 is 1.06 bits per heavy atom. The quantitative estimate of drug-likeness (QED) is 0.180. The van der Waals surface area contributed by atoms with E-state index < -0.39 is 46.9 Å². The van der Waals surface area contributed by atoms with E-state index in [1.165, 1.54) is 12.1 Å². The maximum atomic E-state index is 16.9. The number of rotatable bonds is 6. The van der Waals surface area contributed by atoms with Gasteiger partial charge in [0.1, 0.15) is 34.8 Å². The van der Waals surface area contributed by atoms with E-state index in [1.54, 1.807) is 13.8 Å². The number of halogens is 5. The molecule has 1 aromatic heterocycles. The van der Waals surface area contributed by atoms with E-state index in [0.29, 0.717) is 26.2 Å².